The zero-order chi connectivity index (χ0) is 14.8. The molecule has 4 heteroatoms. The third kappa shape index (κ3) is 2.34. The van der Waals surface area contributed by atoms with Crippen LogP contribution < -0.4 is 5.43 Å². The van der Waals surface area contributed by atoms with Crippen molar-refractivity contribution in [2.24, 2.45) is 10.1 Å². The molecule has 22 heavy (non-hydrogen) atoms. The van der Waals surface area contributed by atoms with Gasteiger partial charge in [-0.25, -0.2) is 4.99 Å². The first-order valence-corrected chi connectivity index (χ1v) is 7.91. The SMILES string of the molecule is c1ccc(C2=Nc3ccccc3C(c3cccs3)=NN2)cc1. The Morgan fingerprint density at radius 3 is 2.45 bits per heavy atom. The lowest BCUT2D eigenvalue weighted by Crippen LogP contribution is -2.19. The molecule has 0 unspecified atom stereocenters. The quantitative estimate of drug-likeness (QED) is 0.757. The third-order valence-corrected chi connectivity index (χ3v) is 4.34. The number of para-hydroxylation sites is 1. The second-order valence-electron chi connectivity index (χ2n) is 4.89. The minimum atomic E-state index is 0.764. The van der Waals surface area contributed by atoms with Gasteiger partial charge in [0.1, 0.15) is 5.71 Å². The van der Waals surface area contributed by atoms with Crippen molar-refractivity contribution < 1.29 is 0 Å². The van der Waals surface area contributed by atoms with Crippen LogP contribution in [0.3, 0.4) is 0 Å². The van der Waals surface area contributed by atoms with E-state index in [0.29, 0.717) is 0 Å². The number of nitrogens with one attached hydrogen (secondary N) is 1. The van der Waals surface area contributed by atoms with E-state index in [2.05, 4.69) is 28.0 Å². The Labute approximate surface area is 132 Å². The van der Waals surface area contributed by atoms with E-state index in [-0.39, 0.29) is 0 Å². The lowest BCUT2D eigenvalue weighted by Gasteiger charge is -2.04. The summed E-state index contributed by atoms with van der Waals surface area (Å²) in [6.45, 7) is 0. The first-order valence-electron chi connectivity index (χ1n) is 7.03. The molecule has 0 spiro atoms. The minimum Gasteiger partial charge on any atom is -0.260 e. The molecule has 4 rings (SSSR count). The Bertz CT molecular complexity index is 849. The van der Waals surface area contributed by atoms with Crippen LogP contribution in [0.2, 0.25) is 0 Å². The zero-order valence-electron chi connectivity index (χ0n) is 11.7. The van der Waals surface area contributed by atoms with Gasteiger partial charge in [0.2, 0.25) is 0 Å². The van der Waals surface area contributed by atoms with Crippen LogP contribution >= 0.6 is 11.3 Å². The number of hydrogen-bond donors (Lipinski definition) is 1. The van der Waals surface area contributed by atoms with E-state index in [4.69, 9.17) is 4.99 Å². The van der Waals surface area contributed by atoms with Crippen LogP contribution in [0.15, 0.2) is 82.2 Å². The van der Waals surface area contributed by atoms with Crippen molar-refractivity contribution in [3.63, 3.8) is 0 Å². The van der Waals surface area contributed by atoms with Crippen molar-refractivity contribution in [3.8, 4) is 0 Å². The van der Waals surface area contributed by atoms with E-state index in [1.54, 1.807) is 11.3 Å². The van der Waals surface area contributed by atoms with Crippen molar-refractivity contribution in [2.75, 3.05) is 0 Å². The highest BCUT2D eigenvalue weighted by Gasteiger charge is 2.17. The molecule has 1 N–H and O–H groups in total. The molecular formula is C18H13N3S. The summed E-state index contributed by atoms with van der Waals surface area (Å²) < 4.78 is 0. The lowest BCUT2D eigenvalue weighted by atomic mass is 10.1. The van der Waals surface area contributed by atoms with Gasteiger partial charge >= 0.3 is 0 Å². The molecule has 0 fully saturated rings. The third-order valence-electron chi connectivity index (χ3n) is 3.47. The summed E-state index contributed by atoms with van der Waals surface area (Å²) in [6, 6.07) is 22.3. The molecule has 1 aromatic heterocycles. The highest BCUT2D eigenvalue weighted by atomic mass is 32.1. The number of hydrogen-bond acceptors (Lipinski definition) is 4. The maximum atomic E-state index is 4.77. The van der Waals surface area contributed by atoms with Crippen molar-refractivity contribution in [1.82, 2.24) is 5.43 Å². The molecule has 0 aliphatic carbocycles. The molecule has 0 radical (unpaired) electrons. The van der Waals surface area contributed by atoms with Gasteiger partial charge in [-0.15, -0.1) is 11.3 Å². The molecule has 1 aliphatic rings. The predicted molar refractivity (Wildman–Crippen MR) is 92.2 cm³/mol. The molecular weight excluding hydrogens is 290 g/mol. The van der Waals surface area contributed by atoms with Gasteiger partial charge in [-0.1, -0.05) is 54.6 Å². The van der Waals surface area contributed by atoms with Crippen molar-refractivity contribution in [3.05, 3.63) is 88.1 Å². The van der Waals surface area contributed by atoms with Gasteiger partial charge in [0, 0.05) is 11.1 Å². The molecule has 0 saturated heterocycles. The number of aliphatic imine (C=N–C) groups is 1. The number of rotatable bonds is 2. The number of hydrazone groups is 1. The molecule has 106 valence electrons. The van der Waals surface area contributed by atoms with Gasteiger partial charge in [0.25, 0.3) is 0 Å². The summed E-state index contributed by atoms with van der Waals surface area (Å²) in [5, 5.41) is 6.67. The van der Waals surface area contributed by atoms with Crippen molar-refractivity contribution >= 4 is 28.6 Å². The average Bonchev–Trinajstić information content (AvgIpc) is 3.03. The maximum absolute atomic E-state index is 4.77. The van der Waals surface area contributed by atoms with Gasteiger partial charge in [0.05, 0.1) is 10.6 Å². The number of amidine groups is 1. The van der Waals surface area contributed by atoms with E-state index in [0.717, 1.165) is 33.2 Å². The standard InChI is InChI=1S/C18H13N3S/c1-2-7-13(8-3-1)18-19-15-10-5-4-9-14(15)17(20-21-18)16-11-6-12-22-16/h1-12H,(H,19,21). The van der Waals surface area contributed by atoms with Crippen LogP contribution in [0.25, 0.3) is 0 Å². The zero-order valence-corrected chi connectivity index (χ0v) is 12.5. The Morgan fingerprint density at radius 1 is 0.818 bits per heavy atom. The van der Waals surface area contributed by atoms with E-state index < -0.39 is 0 Å². The normalized spacial score (nSPS) is 13.5. The summed E-state index contributed by atoms with van der Waals surface area (Å²) in [7, 11) is 0. The van der Waals surface area contributed by atoms with Gasteiger partial charge < -0.3 is 0 Å². The Morgan fingerprint density at radius 2 is 1.64 bits per heavy atom. The van der Waals surface area contributed by atoms with Gasteiger partial charge in [0.15, 0.2) is 5.84 Å². The Balaban J connectivity index is 1.87. The maximum Gasteiger partial charge on any atom is 0.154 e. The summed E-state index contributed by atoms with van der Waals surface area (Å²) in [4.78, 5) is 5.89. The van der Waals surface area contributed by atoms with Crippen LogP contribution in [0.4, 0.5) is 5.69 Å². The summed E-state index contributed by atoms with van der Waals surface area (Å²) >= 11 is 1.68. The molecule has 2 aromatic carbocycles. The van der Waals surface area contributed by atoms with E-state index in [1.165, 1.54) is 0 Å². The van der Waals surface area contributed by atoms with Crippen LogP contribution in [0, 0.1) is 0 Å². The van der Waals surface area contributed by atoms with Crippen molar-refractivity contribution in [1.29, 1.82) is 0 Å². The van der Waals surface area contributed by atoms with Gasteiger partial charge in [-0.05, 0) is 17.5 Å². The summed E-state index contributed by atoms with van der Waals surface area (Å²) in [5.41, 5.74) is 7.05. The van der Waals surface area contributed by atoms with E-state index in [1.807, 2.05) is 54.6 Å². The molecule has 0 amide bonds. The Kier molecular flexibility index (Phi) is 3.29. The second-order valence-corrected chi connectivity index (χ2v) is 5.84. The summed E-state index contributed by atoms with van der Waals surface area (Å²) in [6.07, 6.45) is 0. The average molecular weight is 303 g/mol. The smallest absolute Gasteiger partial charge is 0.154 e. The summed E-state index contributed by atoms with van der Waals surface area (Å²) in [5.74, 6) is 0.764. The second kappa shape index (κ2) is 5.58. The fourth-order valence-corrected chi connectivity index (χ4v) is 3.14. The lowest BCUT2D eigenvalue weighted by molar-refractivity contribution is 1.03. The topological polar surface area (TPSA) is 36.8 Å². The van der Waals surface area contributed by atoms with Crippen LogP contribution in [0.5, 0.6) is 0 Å². The first kappa shape index (κ1) is 13.0. The number of thiophene rings is 1. The van der Waals surface area contributed by atoms with E-state index >= 15 is 0 Å². The van der Waals surface area contributed by atoms with E-state index in [9.17, 15) is 0 Å². The van der Waals surface area contributed by atoms with Crippen molar-refractivity contribution in [2.45, 2.75) is 0 Å². The first-order chi connectivity index (χ1) is 10.9. The van der Waals surface area contributed by atoms with Gasteiger partial charge in [-0.3, -0.25) is 5.43 Å². The largest absolute Gasteiger partial charge is 0.260 e. The molecule has 3 nitrogen and oxygen atoms in total. The molecule has 0 atom stereocenters. The molecule has 0 saturated carbocycles. The number of fused-ring (bicyclic) bond motifs is 1. The fourth-order valence-electron chi connectivity index (χ4n) is 2.41. The Hall–Kier alpha value is -2.72. The number of benzene rings is 2. The van der Waals surface area contributed by atoms with Crippen LogP contribution in [-0.2, 0) is 0 Å². The van der Waals surface area contributed by atoms with Crippen LogP contribution in [0.1, 0.15) is 16.0 Å². The highest BCUT2D eigenvalue weighted by Crippen LogP contribution is 2.26. The number of nitrogens with zero attached hydrogens (tertiary/aromatic N) is 2. The monoisotopic (exact) mass is 303 g/mol. The molecule has 2 heterocycles. The fraction of sp³-hybridized carbons (Fsp3) is 0. The van der Waals surface area contributed by atoms with Gasteiger partial charge in [-0.2, -0.15) is 5.10 Å². The molecule has 3 aromatic rings. The predicted octanol–water partition coefficient (Wildman–Crippen LogP) is 4.18. The minimum absolute atomic E-state index is 0.764. The molecule has 0 bridgehead atoms. The van der Waals surface area contributed by atoms with Crippen LogP contribution in [-0.4, -0.2) is 11.5 Å². The molecule has 1 aliphatic heterocycles. The highest BCUT2D eigenvalue weighted by molar-refractivity contribution is 7.12.